The fourth-order valence-electron chi connectivity index (χ4n) is 3.13. The molecule has 0 saturated heterocycles. The number of carbonyl (C=O) groups excluding carboxylic acids is 3. The Bertz CT molecular complexity index is 691. The molecule has 140 valence electrons. The number of aliphatic hydroxyl groups is 1. The van der Waals surface area contributed by atoms with Crippen molar-refractivity contribution in [1.82, 2.24) is 0 Å². The second kappa shape index (κ2) is 9.43. The smallest absolute Gasteiger partial charge is 0.310 e. The topological polar surface area (TPSA) is 80.7 Å². The summed E-state index contributed by atoms with van der Waals surface area (Å²) in [4.78, 5) is 36.5. The second-order valence-corrected chi connectivity index (χ2v) is 6.76. The predicted molar refractivity (Wildman–Crippen MR) is 97.4 cm³/mol. The Balaban J connectivity index is 2.33. The van der Waals surface area contributed by atoms with Crippen LogP contribution in [0.2, 0.25) is 0 Å². The molecule has 0 unspecified atom stereocenters. The van der Waals surface area contributed by atoms with Gasteiger partial charge >= 0.3 is 5.97 Å². The van der Waals surface area contributed by atoms with Gasteiger partial charge in [-0.05, 0) is 31.7 Å². The third kappa shape index (κ3) is 5.36. The standard InChI is InChI=1S/C21H26O5/c1-3-15-8-4-5-9-16-10-6-7-11-18(16)20(26-21(15)25)19(24)13-17(23)12-14(2)22/h4-7,10-11,15,17,20,23H,3,8-9,12-13H2,1-2H3/b5-4-/t15-,17-,20+/m1/s1. The van der Waals surface area contributed by atoms with E-state index in [0.717, 1.165) is 5.56 Å². The van der Waals surface area contributed by atoms with Crippen LogP contribution in [0.4, 0.5) is 0 Å². The molecule has 0 aromatic heterocycles. The number of hydrogen-bond acceptors (Lipinski definition) is 5. The van der Waals surface area contributed by atoms with E-state index in [1.807, 2.05) is 31.2 Å². The summed E-state index contributed by atoms with van der Waals surface area (Å²) in [6.45, 7) is 3.28. The lowest BCUT2D eigenvalue weighted by atomic mass is 9.92. The van der Waals surface area contributed by atoms with Crippen molar-refractivity contribution in [2.75, 3.05) is 0 Å². The Kier molecular flexibility index (Phi) is 7.27. The second-order valence-electron chi connectivity index (χ2n) is 6.76. The van der Waals surface area contributed by atoms with Crippen molar-refractivity contribution >= 4 is 17.5 Å². The van der Waals surface area contributed by atoms with Gasteiger partial charge in [-0.1, -0.05) is 43.3 Å². The average Bonchev–Trinajstić information content (AvgIpc) is 2.59. The molecule has 0 saturated carbocycles. The molecule has 3 atom stereocenters. The Morgan fingerprint density at radius 3 is 2.65 bits per heavy atom. The molecule has 1 N–H and O–H groups in total. The van der Waals surface area contributed by atoms with Gasteiger partial charge in [0.2, 0.25) is 0 Å². The van der Waals surface area contributed by atoms with E-state index in [1.165, 1.54) is 6.92 Å². The molecular weight excluding hydrogens is 332 g/mol. The highest BCUT2D eigenvalue weighted by molar-refractivity contribution is 5.88. The van der Waals surface area contributed by atoms with Crippen LogP contribution >= 0.6 is 0 Å². The number of allylic oxidation sites excluding steroid dienone is 2. The molecule has 0 fully saturated rings. The van der Waals surface area contributed by atoms with Crippen LogP contribution in [-0.2, 0) is 25.5 Å². The van der Waals surface area contributed by atoms with E-state index in [1.54, 1.807) is 12.1 Å². The summed E-state index contributed by atoms with van der Waals surface area (Å²) in [5.74, 6) is -1.29. The van der Waals surface area contributed by atoms with Gasteiger partial charge in [0.15, 0.2) is 11.9 Å². The summed E-state index contributed by atoms with van der Waals surface area (Å²) in [5, 5.41) is 9.97. The molecule has 1 aromatic rings. The van der Waals surface area contributed by atoms with Gasteiger partial charge in [0.05, 0.1) is 12.0 Å². The fraction of sp³-hybridized carbons (Fsp3) is 0.476. The molecule has 2 rings (SSSR count). The summed E-state index contributed by atoms with van der Waals surface area (Å²) < 4.78 is 5.61. The zero-order valence-corrected chi connectivity index (χ0v) is 15.3. The summed E-state index contributed by atoms with van der Waals surface area (Å²) in [6, 6.07) is 7.35. The lowest BCUT2D eigenvalue weighted by molar-refractivity contribution is -0.160. The number of hydrogen-bond donors (Lipinski definition) is 1. The van der Waals surface area contributed by atoms with Gasteiger partial charge in [-0.3, -0.25) is 14.4 Å². The molecule has 0 bridgehead atoms. The van der Waals surface area contributed by atoms with Crippen molar-refractivity contribution in [2.24, 2.45) is 5.92 Å². The molecule has 0 amide bonds. The van der Waals surface area contributed by atoms with Gasteiger partial charge in [0, 0.05) is 18.4 Å². The van der Waals surface area contributed by atoms with E-state index in [0.29, 0.717) is 24.8 Å². The molecule has 5 nitrogen and oxygen atoms in total. The van der Waals surface area contributed by atoms with E-state index in [4.69, 9.17) is 4.74 Å². The van der Waals surface area contributed by atoms with Crippen LogP contribution in [0.15, 0.2) is 36.4 Å². The lowest BCUT2D eigenvalue weighted by Crippen LogP contribution is -2.28. The summed E-state index contributed by atoms with van der Waals surface area (Å²) in [6.07, 6.45) is 3.39. The van der Waals surface area contributed by atoms with Crippen LogP contribution in [0.5, 0.6) is 0 Å². The van der Waals surface area contributed by atoms with Crippen LogP contribution in [0.1, 0.15) is 56.8 Å². The normalized spacial score (nSPS) is 22.7. The Hall–Kier alpha value is -2.27. The minimum absolute atomic E-state index is 0.0889. The molecule has 1 aliphatic rings. The SMILES string of the molecule is CC[C@@H]1C/C=C\Cc2ccccc2[C@@H](C(=O)C[C@H](O)CC(C)=O)OC1=O. The Morgan fingerprint density at radius 1 is 1.23 bits per heavy atom. The lowest BCUT2D eigenvalue weighted by Gasteiger charge is -2.24. The number of esters is 1. The van der Waals surface area contributed by atoms with Crippen LogP contribution in [0.3, 0.4) is 0 Å². The minimum Gasteiger partial charge on any atom is -0.449 e. The van der Waals surface area contributed by atoms with Crippen molar-refractivity contribution in [3.05, 3.63) is 47.5 Å². The maximum atomic E-state index is 12.8. The van der Waals surface area contributed by atoms with Gasteiger partial charge in [-0.25, -0.2) is 0 Å². The average molecular weight is 358 g/mol. The first-order chi connectivity index (χ1) is 12.4. The first-order valence-corrected chi connectivity index (χ1v) is 9.05. The van der Waals surface area contributed by atoms with Crippen molar-refractivity contribution in [1.29, 1.82) is 0 Å². The van der Waals surface area contributed by atoms with Crippen LogP contribution in [-0.4, -0.2) is 28.7 Å². The van der Waals surface area contributed by atoms with E-state index >= 15 is 0 Å². The van der Waals surface area contributed by atoms with E-state index < -0.39 is 18.2 Å². The highest BCUT2D eigenvalue weighted by atomic mass is 16.5. The maximum absolute atomic E-state index is 12.8. The number of carbonyl (C=O) groups is 3. The van der Waals surface area contributed by atoms with Gasteiger partial charge in [-0.2, -0.15) is 0 Å². The number of benzene rings is 1. The van der Waals surface area contributed by atoms with Crippen molar-refractivity contribution in [3.63, 3.8) is 0 Å². The van der Waals surface area contributed by atoms with Gasteiger partial charge < -0.3 is 9.84 Å². The number of ether oxygens (including phenoxy) is 1. The Labute approximate surface area is 154 Å². The molecule has 1 aliphatic heterocycles. The van der Waals surface area contributed by atoms with Gasteiger partial charge in [0.25, 0.3) is 0 Å². The van der Waals surface area contributed by atoms with E-state index in [-0.39, 0.29) is 30.3 Å². The first-order valence-electron chi connectivity index (χ1n) is 9.05. The van der Waals surface area contributed by atoms with E-state index in [2.05, 4.69) is 0 Å². The highest BCUT2D eigenvalue weighted by Gasteiger charge is 2.31. The third-order valence-corrected chi connectivity index (χ3v) is 4.58. The molecule has 5 heteroatoms. The molecular formula is C21H26O5. The minimum atomic E-state index is -1.07. The monoisotopic (exact) mass is 358 g/mol. The summed E-state index contributed by atoms with van der Waals surface area (Å²) in [5.41, 5.74) is 1.55. The number of Topliss-reactive ketones (excluding diaryl/α,β-unsaturated/α-hetero) is 2. The van der Waals surface area contributed by atoms with Gasteiger partial charge in [-0.15, -0.1) is 0 Å². The number of ketones is 2. The molecule has 0 aliphatic carbocycles. The maximum Gasteiger partial charge on any atom is 0.310 e. The largest absolute Gasteiger partial charge is 0.449 e. The number of rotatable bonds is 6. The predicted octanol–water partition coefficient (Wildman–Crippen LogP) is 3.10. The first kappa shape index (κ1) is 20.0. The molecule has 0 spiro atoms. The zero-order valence-electron chi connectivity index (χ0n) is 15.3. The third-order valence-electron chi connectivity index (χ3n) is 4.58. The quantitative estimate of drug-likeness (QED) is 0.624. The molecule has 1 heterocycles. The molecule has 0 radical (unpaired) electrons. The fourth-order valence-corrected chi connectivity index (χ4v) is 3.13. The summed E-state index contributed by atoms with van der Waals surface area (Å²) in [7, 11) is 0. The number of fused-ring (bicyclic) bond motifs is 1. The Morgan fingerprint density at radius 2 is 1.96 bits per heavy atom. The van der Waals surface area contributed by atoms with Crippen molar-refractivity contribution < 1.29 is 24.2 Å². The number of aliphatic hydroxyl groups excluding tert-OH is 1. The van der Waals surface area contributed by atoms with Crippen molar-refractivity contribution in [3.8, 4) is 0 Å². The van der Waals surface area contributed by atoms with Crippen LogP contribution in [0.25, 0.3) is 0 Å². The van der Waals surface area contributed by atoms with E-state index in [9.17, 15) is 19.5 Å². The van der Waals surface area contributed by atoms with Crippen molar-refractivity contribution in [2.45, 2.75) is 58.2 Å². The number of cyclic esters (lactones) is 1. The highest BCUT2D eigenvalue weighted by Crippen LogP contribution is 2.28. The zero-order chi connectivity index (χ0) is 19.1. The molecule has 1 aromatic carbocycles. The van der Waals surface area contributed by atoms with Crippen LogP contribution < -0.4 is 0 Å². The van der Waals surface area contributed by atoms with Crippen LogP contribution in [0, 0.1) is 5.92 Å². The van der Waals surface area contributed by atoms with Gasteiger partial charge in [0.1, 0.15) is 5.78 Å². The summed E-state index contributed by atoms with van der Waals surface area (Å²) >= 11 is 0. The molecule has 26 heavy (non-hydrogen) atoms.